The van der Waals surface area contributed by atoms with Crippen LogP contribution in [0.25, 0.3) is 0 Å². The van der Waals surface area contributed by atoms with Crippen molar-refractivity contribution in [2.45, 2.75) is 241 Å². The lowest BCUT2D eigenvalue weighted by atomic mass is 9.38. The summed E-state index contributed by atoms with van der Waals surface area (Å²) in [4.78, 5) is 0. The molecule has 74 heavy (non-hydrogen) atoms. The second-order valence-electron chi connectivity index (χ2n) is 24.7. The van der Waals surface area contributed by atoms with Gasteiger partial charge >= 0.3 is 0 Å². The Morgan fingerprint density at radius 3 is 1.82 bits per heavy atom. The molecule has 4 aliphatic heterocycles. The van der Waals surface area contributed by atoms with Crippen molar-refractivity contribution < 1.29 is 109 Å². The summed E-state index contributed by atoms with van der Waals surface area (Å²) in [6.07, 6.45) is -22.3. The van der Waals surface area contributed by atoms with Crippen molar-refractivity contribution in [1.82, 2.24) is 0 Å². The van der Waals surface area contributed by atoms with Crippen LogP contribution in [0.2, 0.25) is 0 Å². The van der Waals surface area contributed by atoms with Gasteiger partial charge in [-0.1, -0.05) is 39.3 Å². The van der Waals surface area contributed by atoms with Crippen molar-refractivity contribution in [2.24, 2.45) is 45.8 Å². The van der Waals surface area contributed by atoms with Crippen LogP contribution in [0.4, 0.5) is 0 Å². The van der Waals surface area contributed by atoms with E-state index < -0.39 is 160 Å². The minimum absolute atomic E-state index is 0.0660. The number of rotatable bonds is 15. The van der Waals surface area contributed by atoms with Gasteiger partial charge in [-0.05, 0) is 124 Å². The lowest BCUT2D eigenvalue weighted by Gasteiger charge is -2.68. The highest BCUT2D eigenvalue weighted by molar-refractivity contribution is 5.17. The molecule has 0 amide bonds. The molecule has 4 heterocycles. The van der Waals surface area contributed by atoms with Gasteiger partial charge in [0.2, 0.25) is 0 Å². The van der Waals surface area contributed by atoms with Crippen LogP contribution in [-0.2, 0) is 37.9 Å². The zero-order valence-electron chi connectivity index (χ0n) is 43.8. The predicted octanol–water partition coefficient (Wildman–Crippen LogP) is -1.95. The van der Waals surface area contributed by atoms with Crippen LogP contribution in [0, 0.1) is 45.8 Å². The summed E-state index contributed by atoms with van der Waals surface area (Å²) in [5.74, 6) is -0.175. The number of aliphatic hydroxyl groups is 14. The maximum absolute atomic E-state index is 12.7. The Labute approximate surface area is 433 Å². The van der Waals surface area contributed by atoms with Crippen molar-refractivity contribution in [1.29, 1.82) is 0 Å². The third-order valence-electron chi connectivity index (χ3n) is 19.7. The van der Waals surface area contributed by atoms with E-state index in [0.717, 1.165) is 24.8 Å². The maximum Gasteiger partial charge on any atom is 0.187 e. The molecule has 0 radical (unpaired) electrons. The molecule has 4 aliphatic carbocycles. The molecule has 4 saturated carbocycles. The Kier molecular flexibility index (Phi) is 18.2. The SMILES string of the molecule is CC(C)=CCC[C@](C)(OC1O[C@H](COC2OC[C@@H](O)[C@@H](O)[C@@H]2O)[C@@H](O)[C@H](O)[C@H]1O)[C@H]1CC[C@H]2[C@H]1C(O)C[C@@H]1[C@]2(C)CC[C@H]2C(C)(C)C(OC3O[C@H](CO)[C@@H](O)[C@H](O)[C@H]3OC3O[C@H](CO)[C@@H](O)[C@H](O)[C@H]3O)CC[C@]12C. The van der Waals surface area contributed by atoms with Gasteiger partial charge in [-0.25, -0.2) is 0 Å². The molecule has 22 heteroatoms. The van der Waals surface area contributed by atoms with Gasteiger partial charge in [-0.15, -0.1) is 0 Å². The van der Waals surface area contributed by atoms with E-state index in [1.807, 2.05) is 20.8 Å². The predicted molar refractivity (Wildman–Crippen MR) is 256 cm³/mol. The first-order chi connectivity index (χ1) is 34.7. The molecule has 0 aromatic carbocycles. The molecular formula is C52H88O22. The highest BCUT2D eigenvalue weighted by Crippen LogP contribution is 2.72. The molecule has 22 nitrogen and oxygen atoms in total. The molecule has 0 aromatic heterocycles. The second-order valence-corrected chi connectivity index (χ2v) is 24.7. The third kappa shape index (κ3) is 10.7. The van der Waals surface area contributed by atoms with Crippen molar-refractivity contribution in [2.75, 3.05) is 26.4 Å². The molecule has 6 unspecified atom stereocenters. The van der Waals surface area contributed by atoms with Crippen LogP contribution in [0.15, 0.2) is 11.6 Å². The minimum atomic E-state index is -1.81. The summed E-state index contributed by atoms with van der Waals surface area (Å²) >= 11 is 0. The van der Waals surface area contributed by atoms with E-state index in [2.05, 4.69) is 33.8 Å². The maximum atomic E-state index is 12.7. The van der Waals surface area contributed by atoms with Crippen molar-refractivity contribution in [3.63, 3.8) is 0 Å². The van der Waals surface area contributed by atoms with E-state index in [4.69, 9.17) is 37.9 Å². The number of allylic oxidation sites excluding steroid dienone is 2. The molecule has 0 bridgehead atoms. The van der Waals surface area contributed by atoms with Gasteiger partial charge in [0.05, 0.1) is 44.2 Å². The van der Waals surface area contributed by atoms with Gasteiger partial charge in [-0.3, -0.25) is 0 Å². The van der Waals surface area contributed by atoms with Crippen LogP contribution >= 0.6 is 0 Å². The van der Waals surface area contributed by atoms with E-state index in [-0.39, 0.29) is 47.0 Å². The largest absolute Gasteiger partial charge is 0.394 e. The Hall–Kier alpha value is -1.14. The summed E-state index contributed by atoms with van der Waals surface area (Å²) in [5.41, 5.74) is -0.950. The summed E-state index contributed by atoms with van der Waals surface area (Å²) < 4.78 is 48.6. The number of hydrogen-bond donors (Lipinski definition) is 14. The molecule has 29 atom stereocenters. The molecular weight excluding hydrogens is 977 g/mol. The van der Waals surface area contributed by atoms with Crippen molar-refractivity contribution >= 4 is 0 Å². The highest BCUT2D eigenvalue weighted by Gasteiger charge is 2.68. The van der Waals surface area contributed by atoms with E-state index >= 15 is 0 Å². The molecule has 0 aromatic rings. The first kappa shape index (κ1) is 59.0. The highest BCUT2D eigenvalue weighted by atomic mass is 16.8. The average Bonchev–Trinajstić information content (AvgIpc) is 3.83. The summed E-state index contributed by atoms with van der Waals surface area (Å²) in [7, 11) is 0. The van der Waals surface area contributed by atoms with Gasteiger partial charge in [0.15, 0.2) is 25.2 Å². The van der Waals surface area contributed by atoms with Gasteiger partial charge in [-0.2, -0.15) is 0 Å². The van der Waals surface area contributed by atoms with Crippen LogP contribution in [0.3, 0.4) is 0 Å². The number of ether oxygens (including phenoxy) is 8. The summed E-state index contributed by atoms with van der Waals surface area (Å²) in [6, 6.07) is 0. The van der Waals surface area contributed by atoms with E-state index in [1.54, 1.807) is 0 Å². The third-order valence-corrected chi connectivity index (χ3v) is 19.7. The van der Waals surface area contributed by atoms with Gasteiger partial charge in [0.1, 0.15) is 91.6 Å². The monoisotopic (exact) mass is 1060 g/mol. The minimum Gasteiger partial charge on any atom is -0.394 e. The Morgan fingerprint density at radius 2 is 1.18 bits per heavy atom. The zero-order valence-corrected chi connectivity index (χ0v) is 43.8. The Bertz CT molecular complexity index is 1890. The number of fused-ring (bicyclic) bond motifs is 5. The van der Waals surface area contributed by atoms with Gasteiger partial charge in [0, 0.05) is 0 Å². The van der Waals surface area contributed by atoms with Crippen LogP contribution in [0.1, 0.15) is 106 Å². The second kappa shape index (κ2) is 22.8. The zero-order chi connectivity index (χ0) is 54.1. The van der Waals surface area contributed by atoms with Crippen LogP contribution in [0.5, 0.6) is 0 Å². The summed E-state index contributed by atoms with van der Waals surface area (Å²) in [5, 5.41) is 151. The van der Waals surface area contributed by atoms with Crippen molar-refractivity contribution in [3.05, 3.63) is 11.6 Å². The van der Waals surface area contributed by atoms with Gasteiger partial charge < -0.3 is 109 Å². The molecule has 8 aliphatic rings. The molecule has 14 N–H and O–H groups in total. The quantitative estimate of drug-likeness (QED) is 0.0626. The first-order valence-corrected chi connectivity index (χ1v) is 26.9. The molecule has 8 fully saturated rings. The standard InChI is InChI=1S/C52H88O22/c1-22(2)9-8-14-52(7,74-47-43(66)39(62)37(60)29(71-47)21-68-45-41(64)34(57)26(56)20-67-45)24-11-10-23-33(24)25(55)17-31-50(23,5)15-12-30-49(3,4)32(13-16-51(30,31)6)72-48-44(40(63)36(59)28(19-54)70-48)73-46-42(65)38(61)35(58)27(18-53)69-46/h9,23-48,53-66H,8,10-21H2,1-7H3/t23-,24-,25?,26+,27+,28+,29+,30-,31+,32?,33+,34+,35+,36+,37+,38-,39-,40-,41-,42+,43+,44+,45?,46?,47?,48?,50+,51-,52-/m0/s1. The lowest BCUT2D eigenvalue weighted by molar-refractivity contribution is -0.378. The molecule has 8 rings (SSSR count). The van der Waals surface area contributed by atoms with Crippen molar-refractivity contribution in [3.8, 4) is 0 Å². The van der Waals surface area contributed by atoms with E-state index in [1.165, 1.54) is 0 Å². The van der Waals surface area contributed by atoms with Crippen LogP contribution < -0.4 is 0 Å². The topological polar surface area (TPSA) is 357 Å². The molecule has 428 valence electrons. The molecule has 0 spiro atoms. The Morgan fingerprint density at radius 1 is 0.595 bits per heavy atom. The average molecular weight is 1070 g/mol. The normalized spacial score (nSPS) is 52.3. The molecule has 4 saturated heterocycles. The summed E-state index contributed by atoms with van der Waals surface area (Å²) in [6.45, 7) is 12.8. The van der Waals surface area contributed by atoms with Gasteiger partial charge in [0.25, 0.3) is 0 Å². The number of hydrogen-bond acceptors (Lipinski definition) is 22. The van der Waals surface area contributed by atoms with E-state index in [9.17, 15) is 71.5 Å². The Balaban J connectivity index is 0.992. The first-order valence-electron chi connectivity index (χ1n) is 26.9. The smallest absolute Gasteiger partial charge is 0.187 e. The lowest BCUT2D eigenvalue weighted by Crippen LogP contribution is -2.66. The fourth-order valence-corrected chi connectivity index (χ4v) is 15.5. The number of aliphatic hydroxyl groups excluding tert-OH is 14. The van der Waals surface area contributed by atoms with E-state index in [0.29, 0.717) is 38.5 Å². The van der Waals surface area contributed by atoms with Crippen LogP contribution in [-0.4, -0.2) is 232 Å². The fourth-order valence-electron chi connectivity index (χ4n) is 15.5. The fraction of sp³-hybridized carbons (Fsp3) is 0.962.